The van der Waals surface area contributed by atoms with E-state index in [-0.39, 0.29) is 28.1 Å². The van der Waals surface area contributed by atoms with Gasteiger partial charge >= 0.3 is 11.9 Å². The predicted molar refractivity (Wildman–Crippen MR) is 110 cm³/mol. The Labute approximate surface area is 180 Å². The zero-order chi connectivity index (χ0) is 23.3. The molecule has 1 aliphatic rings. The first-order valence-electron chi connectivity index (χ1n) is 9.47. The van der Waals surface area contributed by atoms with Gasteiger partial charge in [-0.15, -0.1) is 0 Å². The highest BCUT2D eigenvalue weighted by Gasteiger charge is 2.43. The second kappa shape index (κ2) is 10.2. The minimum absolute atomic E-state index is 0.0493. The van der Waals surface area contributed by atoms with Gasteiger partial charge < -0.3 is 24.3 Å². The van der Waals surface area contributed by atoms with Crippen molar-refractivity contribution < 1.29 is 33.5 Å². The Bertz CT molecular complexity index is 931. The van der Waals surface area contributed by atoms with Gasteiger partial charge in [0, 0.05) is 31.5 Å². The Hall–Kier alpha value is -3.24. The molecule has 0 saturated heterocycles. The number of dihydropyridines is 1. The highest BCUT2D eigenvalue weighted by atomic mass is 16.7. The molecule has 1 unspecified atom stereocenters. The average molecular weight is 434 g/mol. The summed E-state index contributed by atoms with van der Waals surface area (Å²) in [6.45, 7) is 4.96. The summed E-state index contributed by atoms with van der Waals surface area (Å²) in [4.78, 5) is 37.1. The Balaban J connectivity index is 2.89. The number of nitrogens with one attached hydrogen (secondary N) is 1. The lowest BCUT2D eigenvalue weighted by atomic mass is 9.79. The molecule has 10 heteroatoms. The monoisotopic (exact) mass is 434 g/mol. The van der Waals surface area contributed by atoms with Gasteiger partial charge in [-0.1, -0.05) is 18.2 Å². The predicted octanol–water partition coefficient (Wildman–Crippen LogP) is 2.55. The number of carbonyl (C=O) groups excluding carboxylic acids is 2. The molecule has 168 valence electrons. The minimum Gasteiger partial charge on any atom is -0.466 e. The van der Waals surface area contributed by atoms with E-state index in [0.717, 1.165) is 0 Å². The van der Waals surface area contributed by atoms with Crippen molar-refractivity contribution in [1.29, 1.82) is 0 Å². The lowest BCUT2D eigenvalue weighted by molar-refractivity contribution is -0.385. The van der Waals surface area contributed by atoms with E-state index in [1.165, 1.54) is 39.5 Å². The second-order valence-corrected chi connectivity index (χ2v) is 6.99. The third-order valence-corrected chi connectivity index (χ3v) is 4.67. The van der Waals surface area contributed by atoms with Crippen LogP contribution in [-0.4, -0.2) is 50.6 Å². The fourth-order valence-electron chi connectivity index (χ4n) is 3.47. The van der Waals surface area contributed by atoms with E-state index in [9.17, 15) is 19.7 Å². The van der Waals surface area contributed by atoms with Crippen molar-refractivity contribution in [1.82, 2.24) is 5.32 Å². The molecule has 1 atom stereocenters. The summed E-state index contributed by atoms with van der Waals surface area (Å²) in [7, 11) is 3.92. The molecule has 0 amide bonds. The third-order valence-electron chi connectivity index (χ3n) is 4.67. The van der Waals surface area contributed by atoms with Crippen LogP contribution < -0.4 is 5.32 Å². The number of rotatable bonds is 8. The van der Waals surface area contributed by atoms with Gasteiger partial charge in [-0.05, 0) is 20.8 Å². The molecule has 0 fully saturated rings. The van der Waals surface area contributed by atoms with E-state index in [4.69, 9.17) is 18.9 Å². The van der Waals surface area contributed by atoms with E-state index in [1.54, 1.807) is 26.8 Å². The van der Waals surface area contributed by atoms with E-state index < -0.39 is 35.2 Å². The molecular weight excluding hydrogens is 408 g/mol. The van der Waals surface area contributed by atoms with Gasteiger partial charge in [0.15, 0.2) is 6.29 Å². The first-order valence-corrected chi connectivity index (χ1v) is 9.47. The van der Waals surface area contributed by atoms with Gasteiger partial charge in [-0.3, -0.25) is 10.1 Å². The molecule has 0 aliphatic carbocycles. The van der Waals surface area contributed by atoms with Crippen molar-refractivity contribution in [2.45, 2.75) is 39.1 Å². The first-order chi connectivity index (χ1) is 14.7. The number of ether oxygens (including phenoxy) is 4. The normalized spacial score (nSPS) is 16.5. The van der Waals surface area contributed by atoms with E-state index >= 15 is 0 Å². The van der Waals surface area contributed by atoms with E-state index in [1.807, 2.05) is 0 Å². The number of benzene rings is 1. The number of allylic oxidation sites excluding steroid dienone is 1. The molecule has 10 nitrogen and oxygen atoms in total. The number of carbonyl (C=O) groups is 2. The van der Waals surface area contributed by atoms with Crippen molar-refractivity contribution >= 4 is 17.6 Å². The van der Waals surface area contributed by atoms with Crippen molar-refractivity contribution in [3.05, 3.63) is 62.5 Å². The highest BCUT2D eigenvalue weighted by Crippen LogP contribution is 2.43. The van der Waals surface area contributed by atoms with Crippen LogP contribution in [0.2, 0.25) is 0 Å². The Kier molecular flexibility index (Phi) is 7.89. The average Bonchev–Trinajstić information content (AvgIpc) is 2.72. The Morgan fingerprint density at radius 2 is 1.68 bits per heavy atom. The number of esters is 2. The summed E-state index contributed by atoms with van der Waals surface area (Å²) in [6.07, 6.45) is -1.46. The lowest BCUT2D eigenvalue weighted by Gasteiger charge is -2.33. The van der Waals surface area contributed by atoms with Crippen LogP contribution in [0, 0.1) is 10.1 Å². The standard InChI is InChI=1S/C21H26N2O8/c1-11(2)31-20(25)15-12(3)22-18(21(29-5)30-6)17(19(24)28-4)16(15)13-9-7-8-10-14(13)23(26)27/h7-11,16,21-22H,1-6H3. The van der Waals surface area contributed by atoms with Crippen molar-refractivity contribution in [2.24, 2.45) is 0 Å². The fraction of sp³-hybridized carbons (Fsp3) is 0.429. The van der Waals surface area contributed by atoms with Crippen LogP contribution in [0.4, 0.5) is 5.69 Å². The molecule has 1 heterocycles. The summed E-state index contributed by atoms with van der Waals surface area (Å²) in [6, 6.07) is 5.88. The maximum atomic E-state index is 13.0. The van der Waals surface area contributed by atoms with Crippen LogP contribution in [0.5, 0.6) is 0 Å². The molecule has 0 bridgehead atoms. The molecule has 0 radical (unpaired) electrons. The Morgan fingerprint density at radius 3 is 2.19 bits per heavy atom. The fourth-order valence-corrected chi connectivity index (χ4v) is 3.47. The van der Waals surface area contributed by atoms with E-state index in [2.05, 4.69) is 5.32 Å². The lowest BCUT2D eigenvalue weighted by Crippen LogP contribution is -2.38. The molecule has 0 aromatic heterocycles. The molecule has 1 N–H and O–H groups in total. The van der Waals surface area contributed by atoms with E-state index in [0.29, 0.717) is 5.70 Å². The molecule has 1 aromatic rings. The Morgan fingerprint density at radius 1 is 1.06 bits per heavy atom. The van der Waals surface area contributed by atoms with Crippen molar-refractivity contribution in [3.63, 3.8) is 0 Å². The molecular formula is C21H26N2O8. The molecule has 31 heavy (non-hydrogen) atoms. The van der Waals surface area contributed by atoms with Gasteiger partial charge in [-0.2, -0.15) is 0 Å². The van der Waals surface area contributed by atoms with Crippen LogP contribution in [0.3, 0.4) is 0 Å². The van der Waals surface area contributed by atoms with Gasteiger partial charge in [-0.25, -0.2) is 9.59 Å². The molecule has 1 aliphatic heterocycles. The van der Waals surface area contributed by atoms with Crippen LogP contribution in [0.25, 0.3) is 0 Å². The van der Waals surface area contributed by atoms with Gasteiger partial charge in [0.2, 0.25) is 0 Å². The molecule has 0 saturated carbocycles. The van der Waals surface area contributed by atoms with Crippen molar-refractivity contribution in [3.8, 4) is 0 Å². The second-order valence-electron chi connectivity index (χ2n) is 6.99. The minimum atomic E-state index is -1.15. The van der Waals surface area contributed by atoms with Gasteiger partial charge in [0.05, 0.1) is 40.9 Å². The molecule has 2 rings (SSSR count). The maximum Gasteiger partial charge on any atom is 0.337 e. The highest BCUT2D eigenvalue weighted by molar-refractivity contribution is 6.00. The summed E-state index contributed by atoms with van der Waals surface area (Å²) in [5, 5.41) is 14.7. The SMILES string of the molecule is COC(=O)C1=C(C(OC)OC)NC(C)=C(C(=O)OC(C)C)C1c1ccccc1[N+](=O)[O-]. The van der Waals surface area contributed by atoms with Crippen LogP contribution in [0.1, 0.15) is 32.3 Å². The summed E-state index contributed by atoms with van der Waals surface area (Å²) in [5.41, 5.74) is 0.399. The number of nitrogens with zero attached hydrogens (tertiary/aromatic N) is 1. The number of hydrogen-bond acceptors (Lipinski definition) is 9. The van der Waals surface area contributed by atoms with Crippen LogP contribution in [0.15, 0.2) is 46.8 Å². The largest absolute Gasteiger partial charge is 0.466 e. The topological polar surface area (TPSA) is 126 Å². The van der Waals surface area contributed by atoms with Crippen LogP contribution >= 0.6 is 0 Å². The summed E-state index contributed by atoms with van der Waals surface area (Å²) in [5.74, 6) is -2.66. The smallest absolute Gasteiger partial charge is 0.337 e. The third kappa shape index (κ3) is 4.92. The number of nitro groups is 1. The quantitative estimate of drug-likeness (QED) is 0.284. The number of methoxy groups -OCH3 is 3. The summed E-state index contributed by atoms with van der Waals surface area (Å²) >= 11 is 0. The zero-order valence-electron chi connectivity index (χ0n) is 18.3. The molecule has 1 aromatic carbocycles. The molecule has 0 spiro atoms. The van der Waals surface area contributed by atoms with Crippen LogP contribution in [-0.2, 0) is 28.5 Å². The zero-order valence-corrected chi connectivity index (χ0v) is 18.3. The maximum absolute atomic E-state index is 13.0. The van der Waals surface area contributed by atoms with Gasteiger partial charge in [0.25, 0.3) is 5.69 Å². The summed E-state index contributed by atoms with van der Waals surface area (Å²) < 4.78 is 21.0. The number of para-hydroxylation sites is 1. The first kappa shape index (κ1) is 24.0. The number of nitro benzene ring substituents is 1. The van der Waals surface area contributed by atoms with Gasteiger partial charge in [0.1, 0.15) is 0 Å². The van der Waals surface area contributed by atoms with Crippen molar-refractivity contribution in [2.75, 3.05) is 21.3 Å². The number of hydrogen-bond donors (Lipinski definition) is 1.